The van der Waals surface area contributed by atoms with Crippen molar-refractivity contribution in [1.82, 2.24) is 9.88 Å². The van der Waals surface area contributed by atoms with Gasteiger partial charge in [0.2, 0.25) is 5.91 Å². The fourth-order valence-corrected chi connectivity index (χ4v) is 8.43. The number of carbonyl (C=O) groups excluding carboxylic acids is 1. The second kappa shape index (κ2) is 5.92. The number of fused-ring (bicyclic) bond motifs is 5. The van der Waals surface area contributed by atoms with Gasteiger partial charge in [0.25, 0.3) is 0 Å². The Hall–Kier alpha value is -1.16. The molecule has 1 amide bonds. The maximum atomic E-state index is 12.2. The van der Waals surface area contributed by atoms with Gasteiger partial charge in [-0.05, 0) is 74.7 Å². The smallest absolute Gasteiger partial charge is 0.246 e. The number of aryl methyl sites for hydroxylation is 1. The van der Waals surface area contributed by atoms with Crippen LogP contribution in [0.3, 0.4) is 0 Å². The highest BCUT2D eigenvalue weighted by Crippen LogP contribution is 2.67. The lowest BCUT2D eigenvalue weighted by Crippen LogP contribution is -2.59. The van der Waals surface area contributed by atoms with Crippen molar-refractivity contribution in [2.75, 3.05) is 7.05 Å². The van der Waals surface area contributed by atoms with Crippen LogP contribution in [0.4, 0.5) is 0 Å². The lowest BCUT2D eigenvalue weighted by atomic mass is 9.47. The van der Waals surface area contributed by atoms with E-state index in [4.69, 9.17) is 4.98 Å². The van der Waals surface area contributed by atoms with Crippen molar-refractivity contribution in [1.29, 1.82) is 0 Å². The summed E-state index contributed by atoms with van der Waals surface area (Å²) in [7, 11) is 2.01. The van der Waals surface area contributed by atoms with Gasteiger partial charge < -0.3 is 4.90 Å². The summed E-state index contributed by atoms with van der Waals surface area (Å²) in [5, 5.41) is 3.53. The van der Waals surface area contributed by atoms with Crippen LogP contribution in [0.2, 0.25) is 0 Å². The van der Waals surface area contributed by atoms with E-state index in [2.05, 4.69) is 32.2 Å². The molecule has 4 aliphatic rings. The maximum absolute atomic E-state index is 12.2. The number of aromatic nitrogens is 1. The predicted molar refractivity (Wildman–Crippen MR) is 110 cm³/mol. The van der Waals surface area contributed by atoms with Gasteiger partial charge in [-0.3, -0.25) is 4.79 Å². The van der Waals surface area contributed by atoms with Crippen molar-refractivity contribution in [2.45, 2.75) is 71.3 Å². The zero-order chi connectivity index (χ0) is 19.0. The summed E-state index contributed by atoms with van der Waals surface area (Å²) in [5.41, 5.74) is 1.93. The number of thiazole rings is 1. The molecule has 0 aromatic carbocycles. The minimum absolute atomic E-state index is 0.155. The Labute approximate surface area is 167 Å². The molecule has 2 heterocycles. The van der Waals surface area contributed by atoms with Gasteiger partial charge in [0.15, 0.2) is 0 Å². The Morgan fingerprint density at radius 3 is 2.70 bits per heavy atom. The van der Waals surface area contributed by atoms with Crippen LogP contribution in [-0.4, -0.2) is 28.9 Å². The molecule has 3 nitrogen and oxygen atoms in total. The second-order valence-corrected chi connectivity index (χ2v) is 11.1. The summed E-state index contributed by atoms with van der Waals surface area (Å²) in [6.07, 6.45) is 11.9. The molecule has 27 heavy (non-hydrogen) atoms. The van der Waals surface area contributed by atoms with Crippen LogP contribution in [0.25, 0.3) is 0 Å². The van der Waals surface area contributed by atoms with Crippen LogP contribution < -0.4 is 0 Å². The Morgan fingerprint density at radius 1 is 1.15 bits per heavy atom. The van der Waals surface area contributed by atoms with E-state index in [0.717, 1.165) is 24.2 Å². The van der Waals surface area contributed by atoms with E-state index in [-0.39, 0.29) is 11.3 Å². The lowest BCUT2D eigenvalue weighted by Gasteiger charge is -2.60. The number of hydrogen-bond acceptors (Lipinski definition) is 3. The van der Waals surface area contributed by atoms with Crippen molar-refractivity contribution in [2.24, 2.45) is 28.6 Å². The lowest BCUT2D eigenvalue weighted by molar-refractivity contribution is -0.138. The van der Waals surface area contributed by atoms with Gasteiger partial charge in [0.1, 0.15) is 0 Å². The maximum Gasteiger partial charge on any atom is 0.246 e. The number of rotatable bonds is 1. The molecule has 1 aromatic heterocycles. The highest BCUT2D eigenvalue weighted by Gasteiger charge is 2.60. The molecule has 0 radical (unpaired) electrons. The van der Waals surface area contributed by atoms with Gasteiger partial charge in [0.05, 0.1) is 10.7 Å². The first-order chi connectivity index (χ1) is 12.8. The molecule has 3 fully saturated rings. The molecule has 0 bridgehead atoms. The molecule has 7 atom stereocenters. The molecule has 0 saturated heterocycles. The summed E-state index contributed by atoms with van der Waals surface area (Å²) >= 11 is 1.81. The van der Waals surface area contributed by atoms with Gasteiger partial charge in [-0.1, -0.05) is 19.9 Å². The fourth-order valence-electron chi connectivity index (χ4n) is 7.76. The molecule has 146 valence electrons. The first kappa shape index (κ1) is 17.9. The number of nitrogens with zero attached hydrogens (tertiary/aromatic N) is 2. The van der Waals surface area contributed by atoms with Gasteiger partial charge in [-0.15, -0.1) is 11.3 Å². The van der Waals surface area contributed by atoms with Crippen molar-refractivity contribution in [3.05, 3.63) is 28.2 Å². The Bertz CT molecular complexity index is 800. The van der Waals surface area contributed by atoms with Crippen molar-refractivity contribution in [3.63, 3.8) is 0 Å². The summed E-state index contributed by atoms with van der Waals surface area (Å²) in [4.78, 5) is 19.1. The summed E-state index contributed by atoms with van der Waals surface area (Å²) in [6.45, 7) is 7.14. The summed E-state index contributed by atoms with van der Waals surface area (Å²) in [6, 6.07) is 0.388. The van der Waals surface area contributed by atoms with Crippen LogP contribution in [0.5, 0.6) is 0 Å². The zero-order valence-electron chi connectivity index (χ0n) is 17.1. The predicted octanol–water partition coefficient (Wildman–Crippen LogP) is 5.17. The number of likely N-dealkylation sites (N-methyl/N-ethyl adjacent to an activating group) is 1. The molecule has 5 rings (SSSR count). The first-order valence-electron chi connectivity index (χ1n) is 10.7. The summed E-state index contributed by atoms with van der Waals surface area (Å²) in [5.74, 6) is 3.18. The van der Waals surface area contributed by atoms with Crippen LogP contribution in [0.15, 0.2) is 17.5 Å². The second-order valence-electron chi connectivity index (χ2n) is 10.1. The van der Waals surface area contributed by atoms with Crippen molar-refractivity contribution >= 4 is 17.2 Å². The Balaban J connectivity index is 1.47. The zero-order valence-corrected chi connectivity index (χ0v) is 17.9. The molecule has 1 aliphatic heterocycles. The van der Waals surface area contributed by atoms with Crippen LogP contribution in [0, 0.1) is 35.5 Å². The van der Waals surface area contributed by atoms with E-state index in [0.29, 0.717) is 17.4 Å². The topological polar surface area (TPSA) is 33.2 Å². The molecular weight excluding hydrogens is 352 g/mol. The molecule has 2 unspecified atom stereocenters. The van der Waals surface area contributed by atoms with Crippen LogP contribution in [0.1, 0.15) is 69.0 Å². The minimum Gasteiger partial charge on any atom is -0.338 e. The van der Waals surface area contributed by atoms with Crippen LogP contribution >= 0.6 is 11.3 Å². The van der Waals surface area contributed by atoms with E-state index >= 15 is 0 Å². The molecule has 4 heteroatoms. The molecule has 3 aliphatic carbocycles. The number of hydrogen-bond donors (Lipinski definition) is 0. The van der Waals surface area contributed by atoms with Crippen LogP contribution in [-0.2, 0) is 4.79 Å². The number of carbonyl (C=O) groups is 1. The van der Waals surface area contributed by atoms with E-state index < -0.39 is 0 Å². The van der Waals surface area contributed by atoms with Crippen molar-refractivity contribution < 1.29 is 4.79 Å². The third kappa shape index (κ3) is 2.38. The SMILES string of the molecule is Cc1nc(C2CC[C@H]3[C@@H]4CCC5N(C)C(=O)C=C[C@]5(C)[C@@H]4CC[C@]23C)cs1. The van der Waals surface area contributed by atoms with Gasteiger partial charge >= 0.3 is 0 Å². The van der Waals surface area contributed by atoms with Gasteiger partial charge in [-0.2, -0.15) is 0 Å². The molecule has 0 spiro atoms. The van der Waals surface area contributed by atoms with Crippen molar-refractivity contribution in [3.8, 4) is 0 Å². The Morgan fingerprint density at radius 2 is 1.96 bits per heavy atom. The van der Waals surface area contributed by atoms with E-state index in [1.54, 1.807) is 0 Å². The van der Waals surface area contributed by atoms with Gasteiger partial charge in [-0.25, -0.2) is 4.98 Å². The monoisotopic (exact) mass is 384 g/mol. The molecular formula is C23H32N2OS. The molecule has 1 aromatic rings. The van der Waals surface area contributed by atoms with E-state index in [1.807, 2.05) is 29.4 Å². The third-order valence-electron chi connectivity index (χ3n) is 9.12. The van der Waals surface area contributed by atoms with E-state index in [1.165, 1.54) is 42.8 Å². The fraction of sp³-hybridized carbons (Fsp3) is 0.739. The minimum atomic E-state index is 0.155. The normalized spacial score (nSPS) is 46.1. The third-order valence-corrected chi connectivity index (χ3v) is 9.91. The molecule has 0 N–H and O–H groups in total. The van der Waals surface area contributed by atoms with E-state index in [9.17, 15) is 4.79 Å². The standard InChI is InChI=1S/C23H32N2OS/c1-14-24-19(13-27-14)18-7-6-16-15-5-8-20-23(3,12-10-21(26)25(20)4)17(15)9-11-22(16,18)2/h10,12-13,15-18,20H,5-9,11H2,1-4H3/t15-,16-,17+,18?,20?,22-,23+/m0/s1. The quantitative estimate of drug-likeness (QED) is 0.669. The average Bonchev–Trinajstić information content (AvgIpc) is 3.21. The average molecular weight is 385 g/mol. The summed E-state index contributed by atoms with van der Waals surface area (Å²) < 4.78 is 0. The largest absolute Gasteiger partial charge is 0.338 e. The Kier molecular flexibility index (Phi) is 3.93. The molecule has 3 saturated carbocycles. The highest BCUT2D eigenvalue weighted by atomic mass is 32.1. The first-order valence-corrected chi connectivity index (χ1v) is 11.6. The van der Waals surface area contributed by atoms with Gasteiger partial charge in [0, 0.05) is 29.8 Å². The number of amides is 1. The highest BCUT2D eigenvalue weighted by molar-refractivity contribution is 7.09.